The van der Waals surface area contributed by atoms with E-state index in [-0.39, 0.29) is 0 Å². The molecule has 0 fully saturated rings. The lowest BCUT2D eigenvalue weighted by atomic mass is 9.99. The minimum absolute atomic E-state index is 0.646. The van der Waals surface area contributed by atoms with Crippen LogP contribution < -0.4 is 5.73 Å². The number of nitrogen functional groups attached to an aromatic ring is 1. The zero-order valence-electron chi connectivity index (χ0n) is 8.67. The number of nitrogens with two attached hydrogens (primary N) is 1. The van der Waals surface area contributed by atoms with Crippen molar-refractivity contribution in [2.75, 3.05) is 5.73 Å². The maximum atomic E-state index is 5.64. The van der Waals surface area contributed by atoms with E-state index in [9.17, 15) is 0 Å². The van der Waals surface area contributed by atoms with Crippen molar-refractivity contribution >= 4 is 5.82 Å². The third-order valence-electron chi connectivity index (χ3n) is 2.46. The third kappa shape index (κ3) is 2.72. The highest BCUT2D eigenvalue weighted by Gasteiger charge is 2.02. The van der Waals surface area contributed by atoms with Crippen LogP contribution in [-0.4, -0.2) is 4.98 Å². The van der Waals surface area contributed by atoms with Crippen LogP contribution in [-0.2, 0) is 6.42 Å². The maximum Gasteiger partial charge on any atom is 0.126 e. The topological polar surface area (TPSA) is 38.9 Å². The summed E-state index contributed by atoms with van der Waals surface area (Å²) in [4.78, 5) is 4.14. The zero-order chi connectivity index (χ0) is 9.84. The first kappa shape index (κ1) is 10.0. The van der Waals surface area contributed by atoms with Gasteiger partial charge in [-0.3, -0.25) is 0 Å². The van der Waals surface area contributed by atoms with Gasteiger partial charge in [0.05, 0.1) is 0 Å². The van der Waals surface area contributed by atoms with E-state index in [1.807, 2.05) is 13.1 Å². The Morgan fingerprint density at radius 1 is 1.54 bits per heavy atom. The Morgan fingerprint density at radius 3 is 2.77 bits per heavy atom. The summed E-state index contributed by atoms with van der Waals surface area (Å²) in [5.74, 6) is 1.37. The van der Waals surface area contributed by atoms with Crippen LogP contribution in [0.1, 0.15) is 31.4 Å². The molecular formula is C11H18N2. The molecule has 0 amide bonds. The summed E-state index contributed by atoms with van der Waals surface area (Å²) in [6, 6.07) is 2.13. The van der Waals surface area contributed by atoms with Crippen molar-refractivity contribution in [3.8, 4) is 0 Å². The van der Waals surface area contributed by atoms with Crippen LogP contribution in [0, 0.1) is 12.8 Å². The maximum absolute atomic E-state index is 5.64. The molecule has 0 bridgehead atoms. The molecule has 0 saturated heterocycles. The average molecular weight is 178 g/mol. The summed E-state index contributed by atoms with van der Waals surface area (Å²) in [6.07, 6.45) is 4.20. The first-order valence-corrected chi connectivity index (χ1v) is 4.84. The number of hydrogen-bond acceptors (Lipinski definition) is 2. The second-order valence-electron chi connectivity index (χ2n) is 3.76. The standard InChI is InChI=1S/C11H18N2/c1-4-8(2)5-10-6-9(3)11(12)13-7-10/h6-8H,4-5H2,1-3H3,(H2,12,13). The average Bonchev–Trinajstić information content (AvgIpc) is 2.11. The van der Waals surface area contributed by atoms with Crippen LogP contribution in [0.15, 0.2) is 12.3 Å². The van der Waals surface area contributed by atoms with Gasteiger partial charge in [-0.05, 0) is 30.4 Å². The van der Waals surface area contributed by atoms with E-state index in [1.54, 1.807) is 0 Å². The molecule has 1 rings (SSSR count). The van der Waals surface area contributed by atoms with Gasteiger partial charge in [-0.25, -0.2) is 4.98 Å². The predicted molar refractivity (Wildman–Crippen MR) is 56.5 cm³/mol. The first-order valence-electron chi connectivity index (χ1n) is 4.84. The van der Waals surface area contributed by atoms with Crippen molar-refractivity contribution in [2.45, 2.75) is 33.6 Å². The van der Waals surface area contributed by atoms with E-state index in [2.05, 4.69) is 24.9 Å². The van der Waals surface area contributed by atoms with E-state index >= 15 is 0 Å². The smallest absolute Gasteiger partial charge is 0.126 e. The quantitative estimate of drug-likeness (QED) is 0.772. The molecule has 1 unspecified atom stereocenters. The molecular weight excluding hydrogens is 160 g/mol. The number of aryl methyl sites for hydroxylation is 1. The number of nitrogens with zero attached hydrogens (tertiary/aromatic N) is 1. The lowest BCUT2D eigenvalue weighted by Crippen LogP contribution is -2.01. The molecule has 1 aromatic heterocycles. The Labute approximate surface area is 80.2 Å². The van der Waals surface area contributed by atoms with E-state index in [0.29, 0.717) is 5.82 Å². The number of rotatable bonds is 3. The molecule has 0 aromatic carbocycles. The molecule has 1 atom stereocenters. The van der Waals surface area contributed by atoms with Crippen molar-refractivity contribution in [1.29, 1.82) is 0 Å². The van der Waals surface area contributed by atoms with E-state index < -0.39 is 0 Å². The summed E-state index contributed by atoms with van der Waals surface area (Å²) in [6.45, 7) is 6.47. The molecule has 0 aliphatic rings. The molecule has 1 aromatic rings. The van der Waals surface area contributed by atoms with E-state index in [1.165, 1.54) is 12.0 Å². The molecule has 1 heterocycles. The minimum Gasteiger partial charge on any atom is -0.383 e. The Hall–Kier alpha value is -1.05. The van der Waals surface area contributed by atoms with Crippen molar-refractivity contribution in [3.63, 3.8) is 0 Å². The number of anilines is 1. The second-order valence-corrected chi connectivity index (χ2v) is 3.76. The fraction of sp³-hybridized carbons (Fsp3) is 0.545. The van der Waals surface area contributed by atoms with E-state index in [0.717, 1.165) is 17.9 Å². The highest BCUT2D eigenvalue weighted by atomic mass is 14.8. The number of hydrogen-bond donors (Lipinski definition) is 1. The number of aromatic nitrogens is 1. The summed E-state index contributed by atoms with van der Waals surface area (Å²) in [5, 5.41) is 0. The van der Waals surface area contributed by atoms with Crippen LogP contribution in [0.25, 0.3) is 0 Å². The summed E-state index contributed by atoms with van der Waals surface area (Å²) in [5.41, 5.74) is 8.02. The SMILES string of the molecule is CCC(C)Cc1cnc(N)c(C)c1. The Kier molecular flexibility index (Phi) is 3.29. The molecule has 72 valence electrons. The lowest BCUT2D eigenvalue weighted by Gasteiger charge is -2.09. The third-order valence-corrected chi connectivity index (χ3v) is 2.46. The molecule has 0 saturated carbocycles. The first-order chi connectivity index (χ1) is 6.13. The lowest BCUT2D eigenvalue weighted by molar-refractivity contribution is 0.559. The Balaban J connectivity index is 2.73. The minimum atomic E-state index is 0.646. The molecule has 2 nitrogen and oxygen atoms in total. The highest BCUT2D eigenvalue weighted by Crippen LogP contribution is 2.14. The largest absolute Gasteiger partial charge is 0.383 e. The van der Waals surface area contributed by atoms with Crippen LogP contribution in [0.5, 0.6) is 0 Å². The Morgan fingerprint density at radius 2 is 2.23 bits per heavy atom. The van der Waals surface area contributed by atoms with Crippen LogP contribution in [0.2, 0.25) is 0 Å². The predicted octanol–water partition coefficient (Wildman–Crippen LogP) is 2.56. The van der Waals surface area contributed by atoms with Crippen LogP contribution in [0.3, 0.4) is 0 Å². The van der Waals surface area contributed by atoms with Gasteiger partial charge in [0.15, 0.2) is 0 Å². The normalized spacial score (nSPS) is 12.8. The van der Waals surface area contributed by atoms with Gasteiger partial charge in [0.25, 0.3) is 0 Å². The van der Waals surface area contributed by atoms with Gasteiger partial charge in [0.1, 0.15) is 5.82 Å². The second kappa shape index (κ2) is 4.26. The van der Waals surface area contributed by atoms with Gasteiger partial charge in [-0.2, -0.15) is 0 Å². The molecule has 0 radical (unpaired) electrons. The number of pyridine rings is 1. The highest BCUT2D eigenvalue weighted by molar-refractivity contribution is 5.39. The summed E-state index contributed by atoms with van der Waals surface area (Å²) < 4.78 is 0. The van der Waals surface area contributed by atoms with Crippen molar-refractivity contribution in [2.24, 2.45) is 5.92 Å². The van der Waals surface area contributed by atoms with Gasteiger partial charge < -0.3 is 5.73 Å². The van der Waals surface area contributed by atoms with Crippen molar-refractivity contribution in [1.82, 2.24) is 4.98 Å². The molecule has 2 N–H and O–H groups in total. The molecule has 2 heteroatoms. The van der Waals surface area contributed by atoms with Gasteiger partial charge in [0.2, 0.25) is 0 Å². The fourth-order valence-corrected chi connectivity index (χ4v) is 1.30. The van der Waals surface area contributed by atoms with Gasteiger partial charge in [-0.1, -0.05) is 26.3 Å². The van der Waals surface area contributed by atoms with Gasteiger partial charge in [-0.15, -0.1) is 0 Å². The van der Waals surface area contributed by atoms with Crippen LogP contribution >= 0.6 is 0 Å². The molecule has 0 spiro atoms. The summed E-state index contributed by atoms with van der Waals surface area (Å²) in [7, 11) is 0. The van der Waals surface area contributed by atoms with E-state index in [4.69, 9.17) is 5.73 Å². The Bertz CT molecular complexity index is 281. The van der Waals surface area contributed by atoms with Crippen molar-refractivity contribution in [3.05, 3.63) is 23.4 Å². The zero-order valence-corrected chi connectivity index (χ0v) is 8.67. The van der Waals surface area contributed by atoms with Gasteiger partial charge in [0, 0.05) is 6.20 Å². The monoisotopic (exact) mass is 178 g/mol. The summed E-state index contributed by atoms with van der Waals surface area (Å²) >= 11 is 0. The molecule has 0 aliphatic heterocycles. The molecule has 0 aliphatic carbocycles. The molecule has 13 heavy (non-hydrogen) atoms. The van der Waals surface area contributed by atoms with Crippen LogP contribution in [0.4, 0.5) is 5.82 Å². The van der Waals surface area contributed by atoms with Gasteiger partial charge >= 0.3 is 0 Å². The fourth-order valence-electron chi connectivity index (χ4n) is 1.30. The van der Waals surface area contributed by atoms with Crippen molar-refractivity contribution < 1.29 is 0 Å².